The molecule has 14 heavy (non-hydrogen) atoms. The number of hydrogen-bond acceptors (Lipinski definition) is 5. The molecule has 1 unspecified atom stereocenters. The maximum atomic E-state index is 10.6. The summed E-state index contributed by atoms with van der Waals surface area (Å²) >= 11 is 0. The van der Waals surface area contributed by atoms with Crippen LogP contribution in [-0.2, 0) is 23.8 Å². The molecule has 1 aliphatic heterocycles. The number of hydrogen-bond donors (Lipinski definition) is 0. The summed E-state index contributed by atoms with van der Waals surface area (Å²) in [4.78, 5) is 21.3. The van der Waals surface area contributed by atoms with Gasteiger partial charge in [-0.1, -0.05) is 0 Å². The summed E-state index contributed by atoms with van der Waals surface area (Å²) in [7, 11) is 0. The summed E-state index contributed by atoms with van der Waals surface area (Å²) in [6.07, 6.45) is 0.959. The number of ether oxygens (including phenoxy) is 3. The Morgan fingerprint density at radius 2 is 1.50 bits per heavy atom. The number of esters is 2. The van der Waals surface area contributed by atoms with E-state index in [1.807, 2.05) is 0 Å². The van der Waals surface area contributed by atoms with Crippen LogP contribution >= 0.6 is 0 Å². The molecular formula is C9H14O5. The predicted molar refractivity (Wildman–Crippen MR) is 46.0 cm³/mol. The molecule has 1 fully saturated rings. The third-order valence-corrected chi connectivity index (χ3v) is 1.78. The summed E-state index contributed by atoms with van der Waals surface area (Å²) in [5.41, 5.74) is 0. The van der Waals surface area contributed by atoms with Crippen molar-refractivity contribution in [2.75, 3.05) is 0 Å². The average molecular weight is 202 g/mol. The fraction of sp³-hybridized carbons (Fsp3) is 0.778. The van der Waals surface area contributed by atoms with Crippen molar-refractivity contribution >= 4 is 11.9 Å². The summed E-state index contributed by atoms with van der Waals surface area (Å²) in [5.74, 6) is -0.781. The van der Waals surface area contributed by atoms with E-state index < -0.39 is 24.5 Å². The molecule has 0 saturated carbocycles. The van der Waals surface area contributed by atoms with Gasteiger partial charge in [0.1, 0.15) is 0 Å². The third kappa shape index (κ3) is 3.74. The average Bonchev–Trinajstić information content (AvgIpc) is 2.01. The van der Waals surface area contributed by atoms with Crippen molar-refractivity contribution in [3.05, 3.63) is 0 Å². The maximum Gasteiger partial charge on any atom is 0.304 e. The van der Waals surface area contributed by atoms with Crippen molar-refractivity contribution in [1.82, 2.24) is 0 Å². The van der Waals surface area contributed by atoms with E-state index in [-0.39, 0.29) is 0 Å². The third-order valence-electron chi connectivity index (χ3n) is 1.78. The van der Waals surface area contributed by atoms with Gasteiger partial charge in [0.25, 0.3) is 0 Å². The van der Waals surface area contributed by atoms with Gasteiger partial charge >= 0.3 is 11.9 Å². The van der Waals surface area contributed by atoms with Gasteiger partial charge in [0.05, 0.1) is 0 Å². The van der Waals surface area contributed by atoms with Gasteiger partial charge in [0, 0.05) is 26.7 Å². The molecule has 0 aromatic heterocycles. The standard InChI is InChI=1S/C9H14O5/c1-6(10)12-8-4-3-5-9(14-8)13-7(2)11/h8-9H,3-5H2,1-2H3/t8-,9?/m1/s1. The lowest BCUT2D eigenvalue weighted by Crippen LogP contribution is -2.33. The molecule has 0 bridgehead atoms. The summed E-state index contributed by atoms with van der Waals surface area (Å²) in [6, 6.07) is 0. The van der Waals surface area contributed by atoms with Crippen molar-refractivity contribution in [2.45, 2.75) is 45.7 Å². The zero-order valence-electron chi connectivity index (χ0n) is 8.32. The second-order valence-corrected chi connectivity index (χ2v) is 3.14. The topological polar surface area (TPSA) is 61.8 Å². The molecule has 1 aliphatic rings. The molecule has 0 amide bonds. The van der Waals surface area contributed by atoms with Gasteiger partial charge in [-0.15, -0.1) is 0 Å². The first-order chi connectivity index (χ1) is 6.58. The van der Waals surface area contributed by atoms with E-state index in [0.717, 1.165) is 6.42 Å². The van der Waals surface area contributed by atoms with Crippen LogP contribution in [0.2, 0.25) is 0 Å². The summed E-state index contributed by atoms with van der Waals surface area (Å²) < 4.78 is 14.9. The van der Waals surface area contributed by atoms with E-state index in [2.05, 4.69) is 0 Å². The Hall–Kier alpha value is -1.10. The first kappa shape index (κ1) is 11.0. The van der Waals surface area contributed by atoms with E-state index in [1.165, 1.54) is 13.8 Å². The second-order valence-electron chi connectivity index (χ2n) is 3.14. The fourth-order valence-corrected chi connectivity index (χ4v) is 1.30. The lowest BCUT2D eigenvalue weighted by atomic mass is 10.2. The van der Waals surface area contributed by atoms with Crippen LogP contribution in [0.25, 0.3) is 0 Å². The van der Waals surface area contributed by atoms with Crippen LogP contribution < -0.4 is 0 Å². The molecule has 80 valence electrons. The van der Waals surface area contributed by atoms with Gasteiger partial charge in [-0.2, -0.15) is 0 Å². The van der Waals surface area contributed by atoms with Crippen molar-refractivity contribution < 1.29 is 23.8 Å². The molecule has 0 spiro atoms. The normalized spacial score (nSPS) is 26.7. The quantitative estimate of drug-likeness (QED) is 0.624. The van der Waals surface area contributed by atoms with Crippen LogP contribution in [-0.4, -0.2) is 24.5 Å². The van der Waals surface area contributed by atoms with Crippen molar-refractivity contribution in [3.8, 4) is 0 Å². The lowest BCUT2D eigenvalue weighted by molar-refractivity contribution is -0.253. The minimum absolute atomic E-state index is 0.390. The Kier molecular flexibility index (Phi) is 3.88. The molecule has 0 N–H and O–H groups in total. The van der Waals surface area contributed by atoms with E-state index in [9.17, 15) is 9.59 Å². The molecule has 0 radical (unpaired) electrons. The molecule has 5 nitrogen and oxygen atoms in total. The van der Waals surface area contributed by atoms with Crippen LogP contribution in [0, 0.1) is 0 Å². The molecule has 2 atom stereocenters. The van der Waals surface area contributed by atoms with Crippen LogP contribution in [0.4, 0.5) is 0 Å². The molecule has 1 rings (SSSR count). The van der Waals surface area contributed by atoms with E-state index in [1.54, 1.807) is 0 Å². The van der Waals surface area contributed by atoms with E-state index in [0.29, 0.717) is 12.8 Å². The highest BCUT2D eigenvalue weighted by Crippen LogP contribution is 2.20. The van der Waals surface area contributed by atoms with Gasteiger partial charge in [0.15, 0.2) is 0 Å². The summed E-state index contributed by atoms with van der Waals surface area (Å²) in [5, 5.41) is 0. The molecule has 5 heteroatoms. The predicted octanol–water partition coefficient (Wildman–Crippen LogP) is 0.965. The van der Waals surface area contributed by atoms with E-state index >= 15 is 0 Å². The van der Waals surface area contributed by atoms with E-state index in [4.69, 9.17) is 14.2 Å². The highest BCUT2D eigenvalue weighted by molar-refractivity contribution is 5.66. The first-order valence-corrected chi connectivity index (χ1v) is 4.58. The van der Waals surface area contributed by atoms with Crippen LogP contribution in [0.15, 0.2) is 0 Å². The van der Waals surface area contributed by atoms with Gasteiger partial charge in [-0.05, 0) is 6.42 Å². The van der Waals surface area contributed by atoms with Crippen molar-refractivity contribution in [3.63, 3.8) is 0 Å². The van der Waals surface area contributed by atoms with Crippen LogP contribution in [0.1, 0.15) is 33.1 Å². The van der Waals surface area contributed by atoms with Crippen LogP contribution in [0.3, 0.4) is 0 Å². The molecule has 0 aromatic carbocycles. The minimum Gasteiger partial charge on any atom is -0.436 e. The highest BCUT2D eigenvalue weighted by atomic mass is 16.8. The smallest absolute Gasteiger partial charge is 0.304 e. The molecule has 0 aromatic rings. The number of carbonyl (C=O) groups is 2. The zero-order valence-corrected chi connectivity index (χ0v) is 8.32. The Morgan fingerprint density at radius 1 is 1.07 bits per heavy atom. The van der Waals surface area contributed by atoms with Gasteiger partial charge in [-0.3, -0.25) is 9.59 Å². The Labute approximate surface area is 82.3 Å². The monoisotopic (exact) mass is 202 g/mol. The first-order valence-electron chi connectivity index (χ1n) is 4.58. The Balaban J connectivity index is 2.35. The van der Waals surface area contributed by atoms with Gasteiger partial charge < -0.3 is 14.2 Å². The summed E-state index contributed by atoms with van der Waals surface area (Å²) in [6.45, 7) is 2.64. The molecular weight excluding hydrogens is 188 g/mol. The zero-order chi connectivity index (χ0) is 10.6. The van der Waals surface area contributed by atoms with Crippen LogP contribution in [0.5, 0.6) is 0 Å². The largest absolute Gasteiger partial charge is 0.436 e. The molecule has 1 heterocycles. The number of rotatable bonds is 2. The van der Waals surface area contributed by atoms with Crippen molar-refractivity contribution in [1.29, 1.82) is 0 Å². The van der Waals surface area contributed by atoms with Crippen molar-refractivity contribution in [2.24, 2.45) is 0 Å². The Morgan fingerprint density at radius 3 is 1.86 bits per heavy atom. The SMILES string of the molecule is CC(=O)OC1CCC[C@H](OC(C)=O)O1. The minimum atomic E-state index is -0.578. The van der Waals surface area contributed by atoms with Gasteiger partial charge in [-0.25, -0.2) is 0 Å². The Bertz CT molecular complexity index is 203. The maximum absolute atomic E-state index is 10.6. The lowest BCUT2D eigenvalue weighted by Gasteiger charge is -2.28. The fourth-order valence-electron chi connectivity index (χ4n) is 1.30. The molecule has 1 saturated heterocycles. The number of carbonyl (C=O) groups excluding carboxylic acids is 2. The van der Waals surface area contributed by atoms with Gasteiger partial charge in [0.2, 0.25) is 12.6 Å². The molecule has 0 aliphatic carbocycles. The highest BCUT2D eigenvalue weighted by Gasteiger charge is 2.26. The second kappa shape index (κ2) is 4.95.